The number of anilines is 1. The summed E-state index contributed by atoms with van der Waals surface area (Å²) in [5, 5.41) is 13.9. The number of hydrogen-bond donors (Lipinski definition) is 1. The molecular formula is C10H10N3O2S-. The number of aryl methyl sites for hydroxylation is 1. The molecule has 0 saturated heterocycles. The smallest absolute Gasteiger partial charge is 0.138 e. The van der Waals surface area contributed by atoms with E-state index in [1.54, 1.807) is 11.3 Å². The normalized spacial score (nSPS) is 10.6. The summed E-state index contributed by atoms with van der Waals surface area (Å²) in [6.07, 6.45) is 2.36. The predicted octanol–water partition coefficient (Wildman–Crippen LogP) is 0.415. The van der Waals surface area contributed by atoms with Crippen LogP contribution in [0.25, 0.3) is 10.2 Å². The number of aliphatic carboxylic acids is 1. The van der Waals surface area contributed by atoms with Crippen LogP contribution in [0.15, 0.2) is 12.4 Å². The van der Waals surface area contributed by atoms with Crippen LogP contribution in [0.5, 0.6) is 0 Å². The molecule has 16 heavy (non-hydrogen) atoms. The fourth-order valence-electron chi connectivity index (χ4n) is 1.38. The monoisotopic (exact) mass is 236 g/mol. The number of carboxylic acid groups (broad SMARTS) is 1. The van der Waals surface area contributed by atoms with Gasteiger partial charge in [-0.05, 0) is 12.5 Å². The van der Waals surface area contributed by atoms with Gasteiger partial charge in [0.05, 0.1) is 17.9 Å². The summed E-state index contributed by atoms with van der Waals surface area (Å²) in [7, 11) is 0. The van der Waals surface area contributed by atoms with Gasteiger partial charge in [-0.1, -0.05) is 6.92 Å². The maximum absolute atomic E-state index is 10.4. The Labute approximate surface area is 96.2 Å². The van der Waals surface area contributed by atoms with Crippen molar-refractivity contribution in [2.45, 2.75) is 13.3 Å². The number of rotatable bonds is 4. The van der Waals surface area contributed by atoms with Gasteiger partial charge in [0, 0.05) is 4.88 Å². The van der Waals surface area contributed by atoms with Gasteiger partial charge in [-0.25, -0.2) is 9.97 Å². The summed E-state index contributed by atoms with van der Waals surface area (Å²) in [5.74, 6) is -0.608. The van der Waals surface area contributed by atoms with Crippen molar-refractivity contribution >= 4 is 33.3 Å². The van der Waals surface area contributed by atoms with Gasteiger partial charge in [-0.15, -0.1) is 11.3 Å². The molecule has 0 aliphatic carbocycles. The fourth-order valence-corrected chi connectivity index (χ4v) is 2.31. The van der Waals surface area contributed by atoms with Crippen LogP contribution in [-0.4, -0.2) is 22.5 Å². The molecule has 0 unspecified atom stereocenters. The van der Waals surface area contributed by atoms with Crippen LogP contribution in [0.1, 0.15) is 11.8 Å². The number of aromatic nitrogens is 2. The minimum absolute atomic E-state index is 0.247. The van der Waals surface area contributed by atoms with Crippen molar-refractivity contribution in [1.29, 1.82) is 0 Å². The molecule has 0 aliphatic rings. The zero-order valence-corrected chi connectivity index (χ0v) is 9.50. The molecule has 0 fully saturated rings. The minimum Gasteiger partial charge on any atom is -0.548 e. The van der Waals surface area contributed by atoms with Gasteiger partial charge >= 0.3 is 0 Å². The zero-order chi connectivity index (χ0) is 11.5. The van der Waals surface area contributed by atoms with Crippen LogP contribution in [-0.2, 0) is 11.2 Å². The molecule has 2 heterocycles. The molecule has 0 radical (unpaired) electrons. The molecule has 6 heteroatoms. The Morgan fingerprint density at radius 2 is 2.38 bits per heavy atom. The number of carbonyl (C=O) groups is 1. The first-order valence-corrected chi connectivity index (χ1v) is 5.69. The van der Waals surface area contributed by atoms with E-state index >= 15 is 0 Å². The Hall–Kier alpha value is -1.69. The highest BCUT2D eigenvalue weighted by atomic mass is 32.1. The van der Waals surface area contributed by atoms with E-state index in [2.05, 4.69) is 22.2 Å². The van der Waals surface area contributed by atoms with Crippen LogP contribution >= 0.6 is 11.3 Å². The topological polar surface area (TPSA) is 77.9 Å². The molecule has 0 atom stereocenters. The first-order valence-electron chi connectivity index (χ1n) is 4.88. The van der Waals surface area contributed by atoms with Gasteiger partial charge < -0.3 is 15.2 Å². The number of hydrogen-bond acceptors (Lipinski definition) is 6. The molecule has 0 spiro atoms. The number of thiophene rings is 1. The second-order valence-electron chi connectivity index (χ2n) is 3.23. The maximum Gasteiger partial charge on any atom is 0.138 e. The average Bonchev–Trinajstić information content (AvgIpc) is 2.69. The summed E-state index contributed by atoms with van der Waals surface area (Å²) >= 11 is 1.59. The van der Waals surface area contributed by atoms with Crippen molar-refractivity contribution in [3.63, 3.8) is 0 Å². The Morgan fingerprint density at radius 3 is 3.06 bits per heavy atom. The molecule has 2 aromatic rings. The molecule has 1 N–H and O–H groups in total. The first kappa shape index (κ1) is 10.8. The van der Waals surface area contributed by atoms with E-state index < -0.39 is 5.97 Å². The molecular weight excluding hydrogens is 226 g/mol. The van der Waals surface area contributed by atoms with E-state index in [1.807, 2.05) is 6.07 Å². The molecule has 5 nitrogen and oxygen atoms in total. The van der Waals surface area contributed by atoms with E-state index in [4.69, 9.17) is 0 Å². The van der Waals surface area contributed by atoms with Gasteiger partial charge in [-0.2, -0.15) is 0 Å². The molecule has 2 rings (SSSR count). The lowest BCUT2D eigenvalue weighted by molar-refractivity contribution is -0.302. The van der Waals surface area contributed by atoms with Crippen LogP contribution in [0, 0.1) is 0 Å². The van der Waals surface area contributed by atoms with Crippen molar-refractivity contribution in [1.82, 2.24) is 9.97 Å². The van der Waals surface area contributed by atoms with Crippen LogP contribution in [0.2, 0.25) is 0 Å². The molecule has 0 amide bonds. The second-order valence-corrected chi connectivity index (χ2v) is 4.35. The van der Waals surface area contributed by atoms with Gasteiger partial charge in [0.2, 0.25) is 0 Å². The summed E-state index contributed by atoms with van der Waals surface area (Å²) in [4.78, 5) is 20.6. The minimum atomic E-state index is -1.15. The number of fused-ring (bicyclic) bond motifs is 1. The van der Waals surface area contributed by atoms with Crippen molar-refractivity contribution in [2.24, 2.45) is 0 Å². The Balaban J connectivity index is 2.36. The third kappa shape index (κ3) is 2.11. The maximum atomic E-state index is 10.4. The summed E-state index contributed by atoms with van der Waals surface area (Å²) in [5.41, 5.74) is 0. The highest BCUT2D eigenvalue weighted by Gasteiger charge is 2.07. The number of nitrogens with zero attached hydrogens (tertiary/aromatic N) is 2. The standard InChI is InChI=1S/C10H11N3O2S/c1-2-6-3-7-9(11-4-8(14)15)12-5-13-10(7)16-6/h3,5H,2,4H2,1H3,(H,14,15)(H,11,12,13)/p-1. The summed E-state index contributed by atoms with van der Waals surface area (Å²) in [6.45, 7) is 1.82. The second kappa shape index (κ2) is 4.44. The average molecular weight is 236 g/mol. The molecule has 0 bridgehead atoms. The van der Waals surface area contributed by atoms with Crippen LogP contribution in [0.4, 0.5) is 5.82 Å². The number of carboxylic acids is 1. The number of carbonyl (C=O) groups excluding carboxylic acids is 1. The van der Waals surface area contributed by atoms with Crippen molar-refractivity contribution in [2.75, 3.05) is 11.9 Å². The van der Waals surface area contributed by atoms with Crippen molar-refractivity contribution in [3.05, 3.63) is 17.3 Å². The lowest BCUT2D eigenvalue weighted by Gasteiger charge is -2.06. The van der Waals surface area contributed by atoms with E-state index in [0.717, 1.165) is 16.6 Å². The van der Waals surface area contributed by atoms with E-state index in [1.165, 1.54) is 11.2 Å². The highest BCUT2D eigenvalue weighted by Crippen LogP contribution is 2.28. The Morgan fingerprint density at radius 1 is 1.56 bits per heavy atom. The van der Waals surface area contributed by atoms with Gasteiger partial charge in [0.25, 0.3) is 0 Å². The zero-order valence-electron chi connectivity index (χ0n) is 8.69. The highest BCUT2D eigenvalue weighted by molar-refractivity contribution is 7.18. The molecule has 0 aliphatic heterocycles. The van der Waals surface area contributed by atoms with Gasteiger partial charge in [-0.3, -0.25) is 0 Å². The Kier molecular flexibility index (Phi) is 3.00. The summed E-state index contributed by atoms with van der Waals surface area (Å²) < 4.78 is 0. The van der Waals surface area contributed by atoms with Crippen molar-refractivity contribution in [3.8, 4) is 0 Å². The lowest BCUT2D eigenvalue weighted by Crippen LogP contribution is -2.30. The number of nitrogens with one attached hydrogen (secondary N) is 1. The molecule has 0 aromatic carbocycles. The van der Waals surface area contributed by atoms with Gasteiger partial charge in [0.15, 0.2) is 0 Å². The van der Waals surface area contributed by atoms with E-state index in [9.17, 15) is 9.90 Å². The van der Waals surface area contributed by atoms with Crippen LogP contribution in [0.3, 0.4) is 0 Å². The first-order chi connectivity index (χ1) is 7.70. The Bertz CT molecular complexity index is 524. The largest absolute Gasteiger partial charge is 0.548 e. The molecule has 2 aromatic heterocycles. The van der Waals surface area contributed by atoms with Gasteiger partial charge in [0.1, 0.15) is 17.0 Å². The SMILES string of the molecule is CCc1cc2c(NCC(=O)[O-])ncnc2s1. The van der Waals surface area contributed by atoms with Crippen molar-refractivity contribution < 1.29 is 9.90 Å². The van der Waals surface area contributed by atoms with Crippen LogP contribution < -0.4 is 10.4 Å². The quantitative estimate of drug-likeness (QED) is 0.832. The third-order valence-electron chi connectivity index (χ3n) is 2.13. The molecule has 0 saturated carbocycles. The summed E-state index contributed by atoms with van der Waals surface area (Å²) in [6, 6.07) is 1.98. The fraction of sp³-hybridized carbons (Fsp3) is 0.300. The molecule has 84 valence electrons. The predicted molar refractivity (Wildman–Crippen MR) is 60.3 cm³/mol. The lowest BCUT2D eigenvalue weighted by atomic mass is 10.3. The van der Waals surface area contributed by atoms with E-state index in [-0.39, 0.29) is 6.54 Å². The third-order valence-corrected chi connectivity index (χ3v) is 3.32. The van der Waals surface area contributed by atoms with E-state index in [0.29, 0.717) is 5.82 Å².